The minimum absolute atomic E-state index is 0.161. The van der Waals surface area contributed by atoms with Crippen LogP contribution in [0.1, 0.15) is 10.4 Å². The molecule has 0 saturated heterocycles. The van der Waals surface area contributed by atoms with Crippen LogP contribution >= 0.6 is 0 Å². The van der Waals surface area contributed by atoms with E-state index in [9.17, 15) is 14.2 Å². The van der Waals surface area contributed by atoms with Crippen molar-refractivity contribution in [2.24, 2.45) is 0 Å². The highest BCUT2D eigenvalue weighted by Crippen LogP contribution is 2.06. The average molecular weight is 196 g/mol. The van der Waals surface area contributed by atoms with Crippen molar-refractivity contribution in [3.05, 3.63) is 29.6 Å². The first-order valence-corrected chi connectivity index (χ1v) is 4.12. The highest BCUT2D eigenvalue weighted by Gasteiger charge is 2.15. The third-order valence-corrected chi connectivity index (χ3v) is 1.88. The summed E-state index contributed by atoms with van der Waals surface area (Å²) in [5, 5.41) is 9.22. The fraction of sp³-hybridized carbons (Fsp3) is 0.222. The summed E-state index contributed by atoms with van der Waals surface area (Å²) in [6.07, 6.45) is 0. The summed E-state index contributed by atoms with van der Waals surface area (Å²) in [5.41, 5.74) is 0.317. The van der Waals surface area contributed by atoms with Crippen LogP contribution in [0.25, 0.3) is 0 Å². The van der Waals surface area contributed by atoms with E-state index in [2.05, 4.69) is 4.74 Å². The number of methoxy groups -OCH3 is 1. The third kappa shape index (κ3) is 2.11. The van der Waals surface area contributed by atoms with Crippen molar-refractivity contribution < 1.29 is 18.9 Å². The van der Waals surface area contributed by atoms with Gasteiger partial charge in [-0.15, -0.1) is 0 Å². The summed E-state index contributed by atoms with van der Waals surface area (Å²) in [7, 11) is 1.18. The quantitative estimate of drug-likeness (QED) is 0.551. The van der Waals surface area contributed by atoms with Gasteiger partial charge in [-0.1, -0.05) is 12.9 Å². The molecule has 0 radical (unpaired) electrons. The first-order chi connectivity index (χ1) is 6.56. The second-order valence-corrected chi connectivity index (χ2v) is 2.91. The zero-order chi connectivity index (χ0) is 10.7. The van der Waals surface area contributed by atoms with Gasteiger partial charge in [-0.25, -0.2) is 9.18 Å². The molecule has 0 heterocycles. The Morgan fingerprint density at radius 3 is 2.71 bits per heavy atom. The number of rotatable bonds is 2. The molecule has 0 unspecified atom stereocenters. The van der Waals surface area contributed by atoms with Crippen molar-refractivity contribution in [1.29, 1.82) is 0 Å². The highest BCUT2D eigenvalue weighted by molar-refractivity contribution is 6.64. The van der Waals surface area contributed by atoms with Gasteiger partial charge in [0.25, 0.3) is 0 Å². The number of hydrogen-bond acceptors (Lipinski definition) is 3. The van der Waals surface area contributed by atoms with Crippen molar-refractivity contribution in [3.8, 4) is 0 Å². The zero-order valence-electron chi connectivity index (χ0n) is 7.95. The Labute approximate surface area is 81.6 Å². The van der Waals surface area contributed by atoms with Crippen molar-refractivity contribution >= 4 is 18.3 Å². The lowest BCUT2D eigenvalue weighted by atomic mass is 9.64. The Morgan fingerprint density at radius 2 is 2.21 bits per heavy atom. The third-order valence-electron chi connectivity index (χ3n) is 1.88. The van der Waals surface area contributed by atoms with Crippen LogP contribution in [-0.2, 0) is 4.74 Å². The van der Waals surface area contributed by atoms with E-state index in [1.165, 1.54) is 26.1 Å². The fourth-order valence-corrected chi connectivity index (χ4v) is 1.07. The first kappa shape index (κ1) is 10.7. The number of ether oxygens (including phenoxy) is 1. The maximum Gasteiger partial charge on any atom is 0.340 e. The Balaban J connectivity index is 3.15. The first-order valence-electron chi connectivity index (χ1n) is 4.12. The molecule has 5 heteroatoms. The molecule has 1 aromatic carbocycles. The molecule has 0 saturated carbocycles. The highest BCUT2D eigenvalue weighted by atomic mass is 19.1. The van der Waals surface area contributed by atoms with E-state index in [0.717, 1.165) is 6.07 Å². The van der Waals surface area contributed by atoms with Crippen molar-refractivity contribution in [3.63, 3.8) is 0 Å². The fourth-order valence-electron chi connectivity index (χ4n) is 1.07. The van der Waals surface area contributed by atoms with E-state index in [-0.39, 0.29) is 5.56 Å². The predicted octanol–water partition coefficient (Wildman–Crippen LogP) is 0.433. The number of halogens is 1. The normalized spacial score (nSPS) is 9.71. The van der Waals surface area contributed by atoms with E-state index in [1.54, 1.807) is 0 Å². The second-order valence-electron chi connectivity index (χ2n) is 2.91. The standard InChI is InChI=1S/C9H10BFO3/c1-10(13)6-3-4-8(11)7(5-6)9(12)14-2/h3-5,13H,1-2H3. The minimum atomic E-state index is -0.745. The molecule has 1 rings (SSSR count). The topological polar surface area (TPSA) is 46.5 Å². The van der Waals surface area contributed by atoms with Gasteiger partial charge in [-0.05, 0) is 17.6 Å². The van der Waals surface area contributed by atoms with Gasteiger partial charge in [0.15, 0.2) is 0 Å². The summed E-state index contributed by atoms with van der Waals surface area (Å²) < 4.78 is 17.5. The van der Waals surface area contributed by atoms with Crippen LogP contribution in [0.3, 0.4) is 0 Å². The molecule has 3 nitrogen and oxygen atoms in total. The van der Waals surface area contributed by atoms with E-state index in [0.29, 0.717) is 5.46 Å². The molecule has 0 amide bonds. The molecule has 0 aliphatic rings. The summed E-state index contributed by atoms with van der Waals surface area (Å²) in [5.74, 6) is -1.40. The van der Waals surface area contributed by atoms with Gasteiger partial charge >= 0.3 is 12.9 Å². The van der Waals surface area contributed by atoms with Crippen LogP contribution in [0, 0.1) is 5.82 Å². The molecule has 0 spiro atoms. The van der Waals surface area contributed by atoms with Gasteiger partial charge in [-0.3, -0.25) is 0 Å². The number of benzene rings is 1. The Hall–Kier alpha value is -1.36. The Kier molecular flexibility index (Phi) is 3.25. The molecule has 1 N–H and O–H groups in total. The van der Waals surface area contributed by atoms with Gasteiger partial charge in [0, 0.05) is 0 Å². The van der Waals surface area contributed by atoms with E-state index in [4.69, 9.17) is 0 Å². The van der Waals surface area contributed by atoms with Crippen LogP contribution in [0.2, 0.25) is 6.82 Å². The smallest absolute Gasteiger partial charge is 0.340 e. The van der Waals surface area contributed by atoms with Gasteiger partial charge < -0.3 is 9.76 Å². The van der Waals surface area contributed by atoms with Gasteiger partial charge in [0.05, 0.1) is 12.7 Å². The summed E-state index contributed by atoms with van der Waals surface area (Å²) in [6.45, 7) is 0.799. The maximum atomic E-state index is 13.1. The molecule has 0 fully saturated rings. The molecule has 0 aliphatic heterocycles. The molecule has 0 aromatic heterocycles. The summed E-state index contributed by atoms with van der Waals surface area (Å²) >= 11 is 0. The SMILES string of the molecule is COC(=O)c1cc(B(C)O)ccc1F. The van der Waals surface area contributed by atoms with Crippen LogP contribution in [0.5, 0.6) is 0 Å². The largest absolute Gasteiger partial charge is 0.465 e. The van der Waals surface area contributed by atoms with Crippen LogP contribution in [0.4, 0.5) is 4.39 Å². The Morgan fingerprint density at radius 1 is 1.57 bits per heavy atom. The molecule has 0 aliphatic carbocycles. The van der Waals surface area contributed by atoms with Crippen molar-refractivity contribution in [1.82, 2.24) is 0 Å². The van der Waals surface area contributed by atoms with Crippen LogP contribution in [-0.4, -0.2) is 25.0 Å². The zero-order valence-corrected chi connectivity index (χ0v) is 7.95. The summed E-state index contributed by atoms with van der Waals surface area (Å²) in [4.78, 5) is 11.1. The number of esters is 1. The second kappa shape index (κ2) is 4.24. The van der Waals surface area contributed by atoms with E-state index >= 15 is 0 Å². The van der Waals surface area contributed by atoms with Gasteiger partial charge in [-0.2, -0.15) is 0 Å². The maximum absolute atomic E-state index is 13.1. The van der Waals surface area contributed by atoms with Gasteiger partial charge in [0.2, 0.25) is 0 Å². The lowest BCUT2D eigenvalue weighted by molar-refractivity contribution is 0.0595. The number of carbonyl (C=O) groups excluding carboxylic acids is 1. The van der Waals surface area contributed by atoms with Gasteiger partial charge in [0.1, 0.15) is 5.82 Å². The van der Waals surface area contributed by atoms with Crippen molar-refractivity contribution in [2.75, 3.05) is 7.11 Å². The van der Waals surface area contributed by atoms with Crippen molar-refractivity contribution in [2.45, 2.75) is 6.82 Å². The predicted molar refractivity (Wildman–Crippen MR) is 51.2 cm³/mol. The average Bonchev–Trinajstić information content (AvgIpc) is 2.17. The molecular weight excluding hydrogens is 186 g/mol. The Bertz CT molecular complexity index is 352. The molecule has 1 aromatic rings. The molecular formula is C9H10BFO3. The molecule has 14 heavy (non-hydrogen) atoms. The van der Waals surface area contributed by atoms with Crippen LogP contribution < -0.4 is 5.46 Å². The molecule has 0 bridgehead atoms. The monoisotopic (exact) mass is 196 g/mol. The lowest BCUT2D eigenvalue weighted by Crippen LogP contribution is -2.27. The minimum Gasteiger partial charge on any atom is -0.465 e. The van der Waals surface area contributed by atoms with E-state index < -0.39 is 18.7 Å². The van der Waals surface area contributed by atoms with Crippen LogP contribution in [0.15, 0.2) is 18.2 Å². The molecule has 74 valence electrons. The number of hydrogen-bond donors (Lipinski definition) is 1. The van der Waals surface area contributed by atoms with E-state index in [1.807, 2.05) is 0 Å². The molecule has 0 atom stereocenters. The summed E-state index contributed by atoms with van der Waals surface area (Å²) in [6, 6.07) is 3.84. The number of carbonyl (C=O) groups is 1. The lowest BCUT2D eigenvalue weighted by Gasteiger charge is -2.05.